The molecule has 0 N–H and O–H groups in total. The van der Waals surface area contributed by atoms with Crippen LogP contribution in [0, 0.1) is 11.7 Å². The Morgan fingerprint density at radius 3 is 2.78 bits per heavy atom. The predicted molar refractivity (Wildman–Crippen MR) is 108 cm³/mol. The van der Waals surface area contributed by atoms with Crippen LogP contribution in [0.5, 0.6) is 0 Å². The van der Waals surface area contributed by atoms with E-state index in [1.807, 2.05) is 6.08 Å². The molecule has 0 amide bonds. The van der Waals surface area contributed by atoms with Gasteiger partial charge in [-0.3, -0.25) is 9.69 Å². The summed E-state index contributed by atoms with van der Waals surface area (Å²) >= 11 is 4.67. The summed E-state index contributed by atoms with van der Waals surface area (Å²) in [5.74, 6) is 0.541. The van der Waals surface area contributed by atoms with Crippen molar-refractivity contribution in [2.45, 2.75) is 30.6 Å². The molecule has 0 spiro atoms. The third-order valence-corrected chi connectivity index (χ3v) is 5.69. The average Bonchev–Trinajstić information content (AvgIpc) is 3.37. The van der Waals surface area contributed by atoms with Crippen LogP contribution in [0.2, 0.25) is 0 Å². The molecule has 2 aliphatic rings. The standard InChI is InChI=1S/C20H21FN2O2S.ClH/c21-17-4-2-1-3-16(17)19(20(24)13-5-6-13)23-8-7-18(26)14(11-23)9-15-10-22-12-25-15;/h1-4,9-10,12-13,18-19,26H,5-8,11H2;1H. The second-order valence-corrected chi connectivity index (χ2v) is 7.62. The number of thiol groups is 1. The molecule has 4 rings (SSSR count). The van der Waals surface area contributed by atoms with E-state index in [9.17, 15) is 9.18 Å². The molecular formula is C20H22ClFN2O2S. The van der Waals surface area contributed by atoms with Gasteiger partial charge in [0.25, 0.3) is 0 Å². The first kappa shape index (κ1) is 20.1. The number of benzene rings is 1. The molecule has 1 aromatic carbocycles. The topological polar surface area (TPSA) is 46.3 Å². The van der Waals surface area contributed by atoms with Gasteiger partial charge in [-0.05, 0) is 37.0 Å². The maximum absolute atomic E-state index is 14.5. The number of hydrogen-bond acceptors (Lipinski definition) is 5. The third kappa shape index (κ3) is 4.45. The lowest BCUT2D eigenvalue weighted by molar-refractivity contribution is -0.126. The Morgan fingerprint density at radius 1 is 1.33 bits per heavy atom. The minimum atomic E-state index is -0.539. The van der Waals surface area contributed by atoms with E-state index in [1.165, 1.54) is 12.5 Å². The highest BCUT2D eigenvalue weighted by Gasteiger charge is 2.40. The van der Waals surface area contributed by atoms with Crippen molar-refractivity contribution in [3.8, 4) is 0 Å². The lowest BCUT2D eigenvalue weighted by atomic mass is 9.93. The van der Waals surface area contributed by atoms with Crippen LogP contribution in [0.15, 0.2) is 46.8 Å². The molecule has 27 heavy (non-hydrogen) atoms. The highest BCUT2D eigenvalue weighted by molar-refractivity contribution is 7.81. The van der Waals surface area contributed by atoms with Gasteiger partial charge in [-0.15, -0.1) is 12.4 Å². The van der Waals surface area contributed by atoms with E-state index in [2.05, 4.69) is 22.5 Å². The van der Waals surface area contributed by atoms with E-state index < -0.39 is 6.04 Å². The number of nitrogens with zero attached hydrogens (tertiary/aromatic N) is 2. The number of rotatable bonds is 5. The smallest absolute Gasteiger partial charge is 0.181 e. The Hall–Kier alpha value is -1.63. The van der Waals surface area contributed by atoms with Gasteiger partial charge in [-0.25, -0.2) is 9.37 Å². The first-order chi connectivity index (χ1) is 12.6. The molecule has 1 aliphatic carbocycles. The molecule has 4 nitrogen and oxygen atoms in total. The van der Waals surface area contributed by atoms with Crippen LogP contribution in [0.25, 0.3) is 6.08 Å². The van der Waals surface area contributed by atoms with Crippen LogP contribution >= 0.6 is 25.0 Å². The van der Waals surface area contributed by atoms with Crippen LogP contribution in [0.3, 0.4) is 0 Å². The molecule has 2 unspecified atom stereocenters. The second-order valence-electron chi connectivity index (χ2n) is 7.00. The number of ketones is 1. The van der Waals surface area contributed by atoms with Crippen LogP contribution in [0.1, 0.15) is 36.6 Å². The molecule has 1 saturated carbocycles. The quantitative estimate of drug-likeness (QED) is 0.747. The minimum Gasteiger partial charge on any atom is -0.444 e. The monoisotopic (exact) mass is 408 g/mol. The summed E-state index contributed by atoms with van der Waals surface area (Å²) in [5.41, 5.74) is 1.53. The second kappa shape index (κ2) is 8.59. The number of aromatic nitrogens is 1. The Balaban J connectivity index is 0.00000210. The van der Waals surface area contributed by atoms with Gasteiger partial charge < -0.3 is 4.42 Å². The van der Waals surface area contributed by atoms with E-state index in [4.69, 9.17) is 4.42 Å². The number of Topliss-reactive ketones (excluding diaryl/α,β-unsaturated/α-hetero) is 1. The number of carbonyl (C=O) groups is 1. The van der Waals surface area contributed by atoms with Crippen molar-refractivity contribution in [2.24, 2.45) is 5.92 Å². The van der Waals surface area contributed by atoms with Crippen molar-refractivity contribution < 1.29 is 13.6 Å². The summed E-state index contributed by atoms with van der Waals surface area (Å²) in [6.45, 7) is 1.27. The zero-order valence-electron chi connectivity index (χ0n) is 14.8. The minimum absolute atomic E-state index is 0. The average molecular weight is 409 g/mol. The molecule has 1 aromatic heterocycles. The van der Waals surface area contributed by atoms with Gasteiger partial charge >= 0.3 is 0 Å². The highest BCUT2D eigenvalue weighted by Crippen LogP contribution is 2.39. The highest BCUT2D eigenvalue weighted by atomic mass is 35.5. The van der Waals surface area contributed by atoms with Gasteiger partial charge in [-0.2, -0.15) is 12.6 Å². The van der Waals surface area contributed by atoms with E-state index in [0.717, 1.165) is 24.8 Å². The molecule has 2 atom stereocenters. The summed E-state index contributed by atoms with van der Waals surface area (Å²) in [5, 5.41) is 0.0913. The Morgan fingerprint density at radius 2 is 2.11 bits per heavy atom. The fourth-order valence-electron chi connectivity index (χ4n) is 3.55. The van der Waals surface area contributed by atoms with Crippen molar-refractivity contribution in [2.75, 3.05) is 13.1 Å². The van der Waals surface area contributed by atoms with Crippen molar-refractivity contribution in [3.63, 3.8) is 0 Å². The molecule has 2 fully saturated rings. The number of hydrogen-bond donors (Lipinski definition) is 1. The van der Waals surface area contributed by atoms with Gasteiger partial charge in [0.05, 0.1) is 12.2 Å². The van der Waals surface area contributed by atoms with Gasteiger partial charge in [0.2, 0.25) is 0 Å². The summed E-state index contributed by atoms with van der Waals surface area (Å²) in [6.07, 6.45) is 7.58. The fraction of sp³-hybridized carbons (Fsp3) is 0.400. The van der Waals surface area contributed by atoms with Gasteiger partial charge in [-0.1, -0.05) is 18.2 Å². The molecule has 144 valence electrons. The maximum Gasteiger partial charge on any atom is 0.181 e. The number of halogens is 2. The van der Waals surface area contributed by atoms with Crippen LogP contribution in [-0.4, -0.2) is 34.0 Å². The molecule has 2 heterocycles. The molecule has 1 saturated heterocycles. The SMILES string of the molecule is Cl.O=C(C1CC1)C(c1ccccc1F)N1CCC(S)C(=Cc2cnco2)C1. The lowest BCUT2D eigenvalue weighted by Crippen LogP contribution is -2.42. The summed E-state index contributed by atoms with van der Waals surface area (Å²) in [6, 6.07) is 6.07. The molecule has 1 aliphatic heterocycles. The first-order valence-electron chi connectivity index (χ1n) is 8.92. The van der Waals surface area contributed by atoms with Crippen LogP contribution in [-0.2, 0) is 4.79 Å². The van der Waals surface area contributed by atoms with Gasteiger partial charge in [0, 0.05) is 29.8 Å². The third-order valence-electron chi connectivity index (χ3n) is 5.10. The largest absolute Gasteiger partial charge is 0.444 e. The number of carbonyl (C=O) groups excluding carboxylic acids is 1. The first-order valence-corrected chi connectivity index (χ1v) is 9.44. The zero-order chi connectivity index (χ0) is 18.1. The Kier molecular flexibility index (Phi) is 6.40. The van der Waals surface area contributed by atoms with Crippen molar-refractivity contribution >= 4 is 36.9 Å². The van der Waals surface area contributed by atoms with E-state index in [1.54, 1.807) is 24.4 Å². The van der Waals surface area contributed by atoms with Crippen LogP contribution in [0.4, 0.5) is 4.39 Å². The summed E-state index contributed by atoms with van der Waals surface area (Å²) in [4.78, 5) is 19.0. The number of piperidine rings is 1. The van der Waals surface area contributed by atoms with Crippen LogP contribution < -0.4 is 0 Å². The molecular weight excluding hydrogens is 387 g/mol. The predicted octanol–water partition coefficient (Wildman–Crippen LogP) is 4.34. The molecule has 0 radical (unpaired) electrons. The molecule has 0 bridgehead atoms. The maximum atomic E-state index is 14.5. The van der Waals surface area contributed by atoms with Crippen molar-refractivity contribution in [1.29, 1.82) is 0 Å². The zero-order valence-corrected chi connectivity index (χ0v) is 16.5. The van der Waals surface area contributed by atoms with E-state index in [-0.39, 0.29) is 35.2 Å². The Bertz CT molecular complexity index is 823. The van der Waals surface area contributed by atoms with Crippen molar-refractivity contribution in [1.82, 2.24) is 9.88 Å². The van der Waals surface area contributed by atoms with Gasteiger partial charge in [0.15, 0.2) is 12.2 Å². The lowest BCUT2D eigenvalue weighted by Gasteiger charge is -2.37. The Labute approximate surface area is 169 Å². The summed E-state index contributed by atoms with van der Waals surface area (Å²) in [7, 11) is 0. The molecule has 2 aromatic rings. The normalized spacial score (nSPS) is 23.0. The number of likely N-dealkylation sites (tertiary alicyclic amines) is 1. The van der Waals surface area contributed by atoms with E-state index in [0.29, 0.717) is 24.4 Å². The van der Waals surface area contributed by atoms with E-state index >= 15 is 0 Å². The number of oxazole rings is 1. The van der Waals surface area contributed by atoms with Gasteiger partial charge in [0.1, 0.15) is 11.6 Å². The fourth-order valence-corrected chi connectivity index (χ4v) is 3.82. The summed E-state index contributed by atoms with van der Waals surface area (Å²) < 4.78 is 19.8. The van der Waals surface area contributed by atoms with Crippen molar-refractivity contribution in [3.05, 3.63) is 59.6 Å². The molecule has 7 heteroatoms.